The maximum Gasteiger partial charge on any atom is 0.417 e. The van der Waals surface area contributed by atoms with Gasteiger partial charge in [0.15, 0.2) is 17.5 Å². The Hall–Kier alpha value is -9.40. The Morgan fingerprint density at radius 2 is 0.724 bits per heavy atom. The molecule has 0 atom stereocenters. The van der Waals surface area contributed by atoms with Crippen LogP contribution in [0.2, 0.25) is 0 Å². The zero-order chi connectivity index (χ0) is 51.8. The molecule has 3 heterocycles. The lowest BCUT2D eigenvalue weighted by Gasteiger charge is -2.24. The molecule has 0 saturated carbocycles. The van der Waals surface area contributed by atoms with Crippen molar-refractivity contribution >= 4 is 43.6 Å². The van der Waals surface area contributed by atoms with E-state index in [0.717, 1.165) is 99.2 Å². The van der Waals surface area contributed by atoms with Gasteiger partial charge in [-0.3, -0.25) is 0 Å². The monoisotopic (exact) mass is 991 g/mol. The Balaban J connectivity index is 1.17. The average molecular weight is 992 g/mol. The number of benzene rings is 10. The van der Waals surface area contributed by atoms with Crippen LogP contribution in [0.4, 0.5) is 13.2 Å². The van der Waals surface area contributed by atoms with Gasteiger partial charge in [-0.15, -0.1) is 0 Å². The van der Waals surface area contributed by atoms with Crippen molar-refractivity contribution in [2.75, 3.05) is 0 Å². The number of aryl methyl sites for hydroxylation is 4. The molecule has 366 valence electrons. The van der Waals surface area contributed by atoms with E-state index in [9.17, 15) is 0 Å². The lowest BCUT2D eigenvalue weighted by molar-refractivity contribution is -0.137. The molecule has 0 unspecified atom stereocenters. The number of para-hydroxylation sites is 2. The summed E-state index contributed by atoms with van der Waals surface area (Å²) in [7, 11) is 0. The number of rotatable bonds is 8. The third-order valence-corrected chi connectivity index (χ3v) is 14.5. The van der Waals surface area contributed by atoms with Crippen LogP contribution in [-0.2, 0) is 6.18 Å². The Morgan fingerprint density at radius 3 is 1.20 bits per heavy atom. The van der Waals surface area contributed by atoms with Crippen LogP contribution in [0.1, 0.15) is 27.8 Å². The average Bonchev–Trinajstić information content (AvgIpc) is 4.10. The molecule has 10 aromatic carbocycles. The Bertz CT molecular complexity index is 4340. The number of hydrogen-bond acceptors (Lipinski definition) is 3. The smallest absolute Gasteiger partial charge is 0.309 e. The second-order valence-electron chi connectivity index (χ2n) is 19.9. The molecular formula is C68H48F3N5. The number of nitrogens with zero attached hydrogens (tertiary/aromatic N) is 5. The van der Waals surface area contributed by atoms with Gasteiger partial charge in [0.25, 0.3) is 0 Å². The van der Waals surface area contributed by atoms with Gasteiger partial charge < -0.3 is 9.13 Å². The normalized spacial score (nSPS) is 11.9. The van der Waals surface area contributed by atoms with Crippen LogP contribution in [0.15, 0.2) is 218 Å². The minimum absolute atomic E-state index is 0.0117. The molecule has 0 saturated heterocycles. The largest absolute Gasteiger partial charge is 0.417 e. The lowest BCUT2D eigenvalue weighted by atomic mass is 9.90. The molecular weight excluding hydrogens is 944 g/mol. The Morgan fingerprint density at radius 1 is 0.316 bits per heavy atom. The molecule has 0 bridgehead atoms. The van der Waals surface area contributed by atoms with E-state index in [1.807, 2.05) is 132 Å². The van der Waals surface area contributed by atoms with Gasteiger partial charge in [0, 0.05) is 49.4 Å². The second-order valence-corrected chi connectivity index (χ2v) is 19.9. The topological polar surface area (TPSA) is 48.5 Å². The van der Waals surface area contributed by atoms with Gasteiger partial charge in [-0.2, -0.15) is 13.2 Å². The number of alkyl halides is 3. The van der Waals surface area contributed by atoms with Crippen LogP contribution in [0.25, 0.3) is 123 Å². The summed E-state index contributed by atoms with van der Waals surface area (Å²) in [5, 5.41) is 3.76. The maximum absolute atomic E-state index is 16.6. The van der Waals surface area contributed by atoms with Crippen molar-refractivity contribution in [2.24, 2.45) is 0 Å². The number of halogens is 3. The van der Waals surface area contributed by atoms with Gasteiger partial charge in [0.1, 0.15) is 0 Å². The van der Waals surface area contributed by atoms with Crippen LogP contribution < -0.4 is 0 Å². The summed E-state index contributed by atoms with van der Waals surface area (Å²) in [4.78, 5) is 15.4. The van der Waals surface area contributed by atoms with Crippen molar-refractivity contribution in [1.29, 1.82) is 0 Å². The lowest BCUT2D eigenvalue weighted by Crippen LogP contribution is -2.12. The molecule has 76 heavy (non-hydrogen) atoms. The third-order valence-electron chi connectivity index (χ3n) is 14.5. The second kappa shape index (κ2) is 18.2. The summed E-state index contributed by atoms with van der Waals surface area (Å²) in [6.07, 6.45) is -4.81. The quantitative estimate of drug-likeness (QED) is 0.152. The minimum Gasteiger partial charge on any atom is -0.309 e. The fourth-order valence-electron chi connectivity index (χ4n) is 11.4. The summed E-state index contributed by atoms with van der Waals surface area (Å²) in [5.41, 5.74) is 14.3. The van der Waals surface area contributed by atoms with Gasteiger partial charge in [-0.1, -0.05) is 186 Å². The first-order valence-electron chi connectivity index (χ1n) is 25.4. The molecule has 13 aromatic rings. The van der Waals surface area contributed by atoms with E-state index in [-0.39, 0.29) is 11.4 Å². The highest BCUT2D eigenvalue weighted by Crippen LogP contribution is 2.50. The van der Waals surface area contributed by atoms with Crippen LogP contribution in [-0.4, -0.2) is 24.1 Å². The number of aromatic nitrogens is 5. The zero-order valence-electron chi connectivity index (χ0n) is 42.2. The summed E-state index contributed by atoms with van der Waals surface area (Å²) < 4.78 is 53.9. The standard InChI is InChI=1S/C68H48F3N5/c1-41-33-42(2)36-49(35-41)47-29-31-59-54(39-47)51-21-11-13-25-57(51)75(59)61-27-15-23-53(67-73-65(45-17-7-5-8-18-45)72-66(74-67)46-19-9-6-10-20-46)63(61)64-56(68(69,70)71)24-16-28-62(64)76-58-26-14-12-22-52(58)55-40-48(30-32-60(55)76)50-37-43(3)34-44(4)38-50/h5-40H,1-4H3. The van der Waals surface area contributed by atoms with Gasteiger partial charge in [-0.25, -0.2) is 15.0 Å². The molecule has 8 heteroatoms. The van der Waals surface area contributed by atoms with Gasteiger partial charge >= 0.3 is 6.18 Å². The Labute approximate surface area is 437 Å². The molecule has 13 rings (SSSR count). The third kappa shape index (κ3) is 8.01. The number of hydrogen-bond donors (Lipinski definition) is 0. The van der Waals surface area contributed by atoms with Crippen molar-refractivity contribution in [3.05, 3.63) is 246 Å². The van der Waals surface area contributed by atoms with Gasteiger partial charge in [-0.05, 0) is 105 Å². The molecule has 0 N–H and O–H groups in total. The summed E-state index contributed by atoms with van der Waals surface area (Å²) in [6.45, 7) is 8.38. The zero-order valence-corrected chi connectivity index (χ0v) is 42.2. The molecule has 0 radical (unpaired) electrons. The highest BCUT2D eigenvalue weighted by atomic mass is 19.4. The first-order chi connectivity index (χ1) is 36.9. The highest BCUT2D eigenvalue weighted by molar-refractivity contribution is 6.13. The summed E-state index contributed by atoms with van der Waals surface area (Å²) in [5.74, 6) is 1.01. The molecule has 3 aromatic heterocycles. The molecule has 0 spiro atoms. The van der Waals surface area contributed by atoms with Crippen molar-refractivity contribution in [3.8, 4) is 78.9 Å². The van der Waals surface area contributed by atoms with E-state index in [1.165, 1.54) is 12.1 Å². The summed E-state index contributed by atoms with van der Waals surface area (Å²) >= 11 is 0. The minimum atomic E-state index is -4.81. The molecule has 0 aliphatic carbocycles. The van der Waals surface area contributed by atoms with Crippen LogP contribution in [0, 0.1) is 27.7 Å². The first kappa shape index (κ1) is 46.4. The molecule has 0 aliphatic rings. The maximum atomic E-state index is 16.6. The van der Waals surface area contributed by atoms with Crippen molar-refractivity contribution in [2.45, 2.75) is 33.9 Å². The number of fused-ring (bicyclic) bond motifs is 6. The fraction of sp³-hybridized carbons (Fsp3) is 0.0735. The van der Waals surface area contributed by atoms with E-state index in [2.05, 4.69) is 111 Å². The van der Waals surface area contributed by atoms with Crippen LogP contribution >= 0.6 is 0 Å². The van der Waals surface area contributed by atoms with Crippen LogP contribution in [0.3, 0.4) is 0 Å². The van der Waals surface area contributed by atoms with Gasteiger partial charge in [0.05, 0.1) is 39.0 Å². The highest BCUT2D eigenvalue weighted by Gasteiger charge is 2.38. The summed E-state index contributed by atoms with van der Waals surface area (Å²) in [6, 6.07) is 71.3. The van der Waals surface area contributed by atoms with E-state index in [4.69, 9.17) is 15.0 Å². The van der Waals surface area contributed by atoms with E-state index < -0.39 is 11.7 Å². The predicted molar refractivity (Wildman–Crippen MR) is 305 cm³/mol. The van der Waals surface area contributed by atoms with E-state index in [1.54, 1.807) is 0 Å². The molecule has 0 fully saturated rings. The van der Waals surface area contributed by atoms with Crippen molar-refractivity contribution in [1.82, 2.24) is 24.1 Å². The molecule has 5 nitrogen and oxygen atoms in total. The van der Waals surface area contributed by atoms with Crippen molar-refractivity contribution in [3.63, 3.8) is 0 Å². The van der Waals surface area contributed by atoms with Gasteiger partial charge in [0.2, 0.25) is 0 Å². The fourth-order valence-corrected chi connectivity index (χ4v) is 11.4. The van der Waals surface area contributed by atoms with Crippen molar-refractivity contribution < 1.29 is 13.2 Å². The van der Waals surface area contributed by atoms with E-state index in [0.29, 0.717) is 34.2 Å². The SMILES string of the molecule is Cc1cc(C)cc(-c2ccc3c(c2)c2ccccc2n3-c2cccc(-c3nc(-c4ccccc4)nc(-c4ccccc4)n3)c2-c2c(-n3c4ccccc4c4cc(-c5cc(C)cc(C)c5)ccc43)cccc2C(F)(F)F)c1. The van der Waals surface area contributed by atoms with E-state index >= 15 is 13.2 Å². The molecule has 0 amide bonds. The Kier molecular flexibility index (Phi) is 11.1. The predicted octanol–water partition coefficient (Wildman–Crippen LogP) is 18.3. The molecule has 0 aliphatic heterocycles. The first-order valence-corrected chi connectivity index (χ1v) is 25.4. The van der Waals surface area contributed by atoms with Crippen LogP contribution in [0.5, 0.6) is 0 Å².